The van der Waals surface area contributed by atoms with Gasteiger partial charge in [-0.2, -0.15) is 0 Å². The Morgan fingerprint density at radius 1 is 0.903 bits per heavy atom. The third-order valence-corrected chi connectivity index (χ3v) is 6.07. The smallest absolute Gasteiger partial charge is 0.167 e. The van der Waals surface area contributed by atoms with E-state index in [-0.39, 0.29) is 5.78 Å². The molecule has 3 aromatic rings. The molecule has 0 atom stereocenters. The van der Waals surface area contributed by atoms with E-state index in [0.717, 1.165) is 66.4 Å². The first-order valence-corrected chi connectivity index (χ1v) is 11.0. The lowest BCUT2D eigenvalue weighted by Crippen LogP contribution is -2.46. The average molecular weight is 415 g/mol. The molecule has 1 aliphatic heterocycles. The Morgan fingerprint density at radius 2 is 1.68 bits per heavy atom. The number of ketones is 1. The molecule has 0 unspecified atom stereocenters. The summed E-state index contributed by atoms with van der Waals surface area (Å²) in [4.78, 5) is 17.9. The van der Waals surface area contributed by atoms with Crippen molar-refractivity contribution in [2.45, 2.75) is 13.3 Å². The van der Waals surface area contributed by atoms with Gasteiger partial charge in [0, 0.05) is 49.4 Å². The van der Waals surface area contributed by atoms with Crippen LogP contribution in [0.1, 0.15) is 22.8 Å². The van der Waals surface area contributed by atoms with Crippen LogP contribution in [0.15, 0.2) is 72.8 Å². The van der Waals surface area contributed by atoms with Crippen LogP contribution in [0.4, 0.5) is 5.69 Å². The van der Waals surface area contributed by atoms with E-state index in [1.165, 1.54) is 0 Å². The fourth-order valence-electron chi connectivity index (χ4n) is 4.19. The molecule has 4 heteroatoms. The van der Waals surface area contributed by atoms with Gasteiger partial charge < -0.3 is 14.5 Å². The first-order valence-electron chi connectivity index (χ1n) is 11.0. The van der Waals surface area contributed by atoms with E-state index in [4.69, 9.17) is 4.74 Å². The largest absolute Gasteiger partial charge is 0.496 e. The molecular weight excluding hydrogens is 384 g/mol. The lowest BCUT2D eigenvalue weighted by molar-refractivity contribution is 0.0993. The highest BCUT2D eigenvalue weighted by Crippen LogP contribution is 2.31. The fourth-order valence-corrected chi connectivity index (χ4v) is 4.19. The Bertz CT molecular complexity index is 1020. The first kappa shape index (κ1) is 21.1. The van der Waals surface area contributed by atoms with Gasteiger partial charge in [-0.1, -0.05) is 55.5 Å². The van der Waals surface area contributed by atoms with E-state index in [9.17, 15) is 4.79 Å². The van der Waals surface area contributed by atoms with Crippen LogP contribution in [0.25, 0.3) is 11.1 Å². The normalized spacial score (nSPS) is 14.5. The summed E-state index contributed by atoms with van der Waals surface area (Å²) < 4.78 is 5.55. The van der Waals surface area contributed by atoms with E-state index in [1.807, 2.05) is 48.5 Å². The SMILES string of the molecule is CCN1CCN(c2cccc(C(=O)Cc3ccc(OC)c(-c4ccccc4)c3)c2)CC1. The molecule has 1 fully saturated rings. The molecule has 0 amide bonds. The number of anilines is 1. The number of hydrogen-bond acceptors (Lipinski definition) is 4. The Hall–Kier alpha value is -3.11. The van der Waals surface area contributed by atoms with Gasteiger partial charge in [0.05, 0.1) is 7.11 Å². The fraction of sp³-hybridized carbons (Fsp3) is 0.296. The van der Waals surface area contributed by atoms with Gasteiger partial charge in [0.25, 0.3) is 0 Å². The van der Waals surface area contributed by atoms with Crippen LogP contribution in [-0.4, -0.2) is 50.5 Å². The summed E-state index contributed by atoms with van der Waals surface area (Å²) in [6.07, 6.45) is 0.372. The van der Waals surface area contributed by atoms with E-state index in [0.29, 0.717) is 6.42 Å². The number of rotatable bonds is 7. The summed E-state index contributed by atoms with van der Waals surface area (Å²) in [6, 6.07) is 24.2. The van der Waals surface area contributed by atoms with Crippen molar-refractivity contribution < 1.29 is 9.53 Å². The molecule has 1 heterocycles. The predicted molar refractivity (Wildman–Crippen MR) is 127 cm³/mol. The zero-order chi connectivity index (χ0) is 21.6. The van der Waals surface area contributed by atoms with E-state index >= 15 is 0 Å². The number of ether oxygens (including phenoxy) is 1. The molecule has 1 aliphatic rings. The molecule has 4 nitrogen and oxygen atoms in total. The lowest BCUT2D eigenvalue weighted by Gasteiger charge is -2.35. The van der Waals surface area contributed by atoms with Crippen molar-refractivity contribution >= 4 is 11.5 Å². The van der Waals surface area contributed by atoms with Gasteiger partial charge in [-0.05, 0) is 41.9 Å². The van der Waals surface area contributed by atoms with Crippen LogP contribution >= 0.6 is 0 Å². The minimum Gasteiger partial charge on any atom is -0.496 e. The van der Waals surface area contributed by atoms with Gasteiger partial charge in [-0.3, -0.25) is 4.79 Å². The number of likely N-dealkylation sites (N-methyl/N-ethyl adjacent to an activating group) is 1. The van der Waals surface area contributed by atoms with Crippen molar-refractivity contribution in [2.75, 3.05) is 44.7 Å². The first-order chi connectivity index (χ1) is 15.2. The molecule has 0 aliphatic carbocycles. The Labute approximate surface area is 185 Å². The minimum absolute atomic E-state index is 0.137. The Morgan fingerprint density at radius 3 is 2.39 bits per heavy atom. The molecule has 1 saturated heterocycles. The number of methoxy groups -OCH3 is 1. The van der Waals surface area contributed by atoms with Crippen molar-refractivity contribution in [1.82, 2.24) is 4.90 Å². The highest BCUT2D eigenvalue weighted by Gasteiger charge is 2.17. The van der Waals surface area contributed by atoms with Crippen molar-refractivity contribution in [3.8, 4) is 16.9 Å². The zero-order valence-corrected chi connectivity index (χ0v) is 18.4. The highest BCUT2D eigenvalue weighted by atomic mass is 16.5. The highest BCUT2D eigenvalue weighted by molar-refractivity contribution is 5.98. The van der Waals surface area contributed by atoms with Crippen molar-refractivity contribution in [3.05, 3.63) is 83.9 Å². The Balaban J connectivity index is 1.51. The van der Waals surface area contributed by atoms with E-state index < -0.39 is 0 Å². The second-order valence-corrected chi connectivity index (χ2v) is 7.97. The summed E-state index contributed by atoms with van der Waals surface area (Å²) in [5.74, 6) is 0.953. The second kappa shape index (κ2) is 9.80. The van der Waals surface area contributed by atoms with Crippen molar-refractivity contribution in [1.29, 1.82) is 0 Å². The number of nitrogens with zero attached hydrogens (tertiary/aromatic N) is 2. The van der Waals surface area contributed by atoms with Crippen LogP contribution in [-0.2, 0) is 6.42 Å². The summed E-state index contributed by atoms with van der Waals surface area (Å²) in [7, 11) is 1.68. The van der Waals surface area contributed by atoms with E-state index in [1.54, 1.807) is 7.11 Å². The molecule has 0 spiro atoms. The summed E-state index contributed by atoms with van der Waals surface area (Å²) in [6.45, 7) is 7.46. The van der Waals surface area contributed by atoms with Crippen LogP contribution < -0.4 is 9.64 Å². The van der Waals surface area contributed by atoms with Crippen LogP contribution in [0.3, 0.4) is 0 Å². The second-order valence-electron chi connectivity index (χ2n) is 7.97. The molecule has 160 valence electrons. The van der Waals surface area contributed by atoms with Gasteiger partial charge in [0.15, 0.2) is 5.78 Å². The standard InChI is InChI=1S/C27H30N2O2/c1-3-28-14-16-29(17-15-28)24-11-7-10-23(20-24)26(30)19-21-12-13-27(31-2)25(18-21)22-8-5-4-6-9-22/h4-13,18,20H,3,14-17,19H2,1-2H3. The summed E-state index contributed by atoms with van der Waals surface area (Å²) in [5.41, 5.74) is 5.00. The van der Waals surface area contributed by atoms with Crippen LogP contribution in [0, 0.1) is 0 Å². The molecule has 0 N–H and O–H groups in total. The number of piperazine rings is 1. The van der Waals surface area contributed by atoms with Gasteiger partial charge in [-0.15, -0.1) is 0 Å². The Kier molecular flexibility index (Phi) is 6.68. The molecule has 3 aromatic carbocycles. The van der Waals surface area contributed by atoms with E-state index in [2.05, 4.69) is 41.0 Å². The average Bonchev–Trinajstić information content (AvgIpc) is 2.84. The number of benzene rings is 3. The molecule has 0 bridgehead atoms. The minimum atomic E-state index is 0.137. The molecule has 31 heavy (non-hydrogen) atoms. The van der Waals surface area contributed by atoms with Gasteiger partial charge >= 0.3 is 0 Å². The molecule has 0 aromatic heterocycles. The maximum Gasteiger partial charge on any atom is 0.167 e. The number of carbonyl (C=O) groups is 1. The number of Topliss-reactive ketones (excluding diaryl/α,β-unsaturated/α-hetero) is 1. The summed E-state index contributed by atoms with van der Waals surface area (Å²) in [5, 5.41) is 0. The number of carbonyl (C=O) groups excluding carboxylic acids is 1. The van der Waals surface area contributed by atoms with Gasteiger partial charge in [-0.25, -0.2) is 0 Å². The summed E-state index contributed by atoms with van der Waals surface area (Å²) >= 11 is 0. The molecular formula is C27H30N2O2. The zero-order valence-electron chi connectivity index (χ0n) is 18.4. The number of hydrogen-bond donors (Lipinski definition) is 0. The molecule has 0 saturated carbocycles. The van der Waals surface area contributed by atoms with Gasteiger partial charge in [0.2, 0.25) is 0 Å². The van der Waals surface area contributed by atoms with Crippen molar-refractivity contribution in [2.24, 2.45) is 0 Å². The van der Waals surface area contributed by atoms with Gasteiger partial charge in [0.1, 0.15) is 5.75 Å². The van der Waals surface area contributed by atoms with Crippen LogP contribution in [0.5, 0.6) is 5.75 Å². The third-order valence-electron chi connectivity index (χ3n) is 6.07. The quantitative estimate of drug-likeness (QED) is 0.513. The predicted octanol–water partition coefficient (Wildman–Crippen LogP) is 4.93. The molecule has 4 rings (SSSR count). The maximum atomic E-state index is 13.1. The topological polar surface area (TPSA) is 32.8 Å². The lowest BCUT2D eigenvalue weighted by atomic mass is 9.97. The van der Waals surface area contributed by atoms with Crippen LogP contribution in [0.2, 0.25) is 0 Å². The molecule has 0 radical (unpaired) electrons. The maximum absolute atomic E-state index is 13.1. The monoisotopic (exact) mass is 414 g/mol. The third kappa shape index (κ3) is 4.97. The van der Waals surface area contributed by atoms with Crippen molar-refractivity contribution in [3.63, 3.8) is 0 Å².